The molecule has 1 heterocycles. The molecular weight excluding hydrogens is 282 g/mol. The summed E-state index contributed by atoms with van der Waals surface area (Å²) < 4.78 is 5.63. The minimum absolute atomic E-state index is 0.456. The highest BCUT2D eigenvalue weighted by Crippen LogP contribution is 2.28. The van der Waals surface area contributed by atoms with Crippen molar-refractivity contribution >= 4 is 17.3 Å². The lowest BCUT2D eigenvalue weighted by Crippen LogP contribution is -2.39. The topological polar surface area (TPSA) is 45.7 Å². The molecule has 1 aromatic rings. The Bertz CT molecular complexity index is 415. The van der Waals surface area contributed by atoms with Crippen LogP contribution in [-0.2, 0) is 4.74 Å². The van der Waals surface area contributed by atoms with Crippen molar-refractivity contribution in [3.63, 3.8) is 0 Å². The molecule has 0 aliphatic heterocycles. The Morgan fingerprint density at radius 2 is 2.33 bits per heavy atom. The molecule has 0 aromatic carbocycles. The fourth-order valence-corrected chi connectivity index (χ4v) is 2.79. The molecule has 1 unspecified atom stereocenters. The van der Waals surface area contributed by atoms with Crippen LogP contribution in [0.4, 0.5) is 0 Å². The average Bonchev–Trinajstić information content (AvgIpc) is 3.14. The van der Waals surface area contributed by atoms with E-state index >= 15 is 0 Å². The van der Waals surface area contributed by atoms with Crippen LogP contribution < -0.4 is 10.6 Å². The average molecular weight is 309 g/mol. The van der Waals surface area contributed by atoms with Crippen molar-refractivity contribution in [2.24, 2.45) is 10.9 Å². The van der Waals surface area contributed by atoms with Crippen LogP contribution in [-0.4, -0.2) is 38.8 Å². The van der Waals surface area contributed by atoms with E-state index < -0.39 is 0 Å². The second-order valence-electron chi connectivity index (χ2n) is 5.62. The maximum absolute atomic E-state index is 5.63. The van der Waals surface area contributed by atoms with Gasteiger partial charge in [0, 0.05) is 32.2 Å². The fraction of sp³-hybridized carbons (Fsp3) is 0.688. The Hall–Kier alpha value is -1.07. The van der Waals surface area contributed by atoms with Crippen LogP contribution in [0.3, 0.4) is 0 Å². The summed E-state index contributed by atoms with van der Waals surface area (Å²) in [7, 11) is 0. The Balaban J connectivity index is 1.67. The van der Waals surface area contributed by atoms with Crippen LogP contribution in [0, 0.1) is 5.92 Å². The molecule has 0 amide bonds. The zero-order chi connectivity index (χ0) is 14.9. The minimum Gasteiger partial charge on any atom is -0.379 e. The number of aliphatic imine (C=N–C) groups is 1. The quantitative estimate of drug-likeness (QED) is 0.419. The first kappa shape index (κ1) is 16.3. The van der Waals surface area contributed by atoms with Crippen molar-refractivity contribution < 1.29 is 4.74 Å². The third kappa shape index (κ3) is 6.48. The van der Waals surface area contributed by atoms with Gasteiger partial charge in [-0.1, -0.05) is 6.92 Å². The van der Waals surface area contributed by atoms with Gasteiger partial charge < -0.3 is 15.4 Å². The van der Waals surface area contributed by atoms with Gasteiger partial charge in [-0.2, -0.15) is 11.3 Å². The highest BCUT2D eigenvalue weighted by Gasteiger charge is 2.20. The molecule has 0 radical (unpaired) electrons. The fourth-order valence-electron chi connectivity index (χ4n) is 2.01. The van der Waals surface area contributed by atoms with Gasteiger partial charge in [-0.3, -0.25) is 4.99 Å². The molecule has 0 spiro atoms. The molecule has 1 fully saturated rings. The summed E-state index contributed by atoms with van der Waals surface area (Å²) in [5.74, 6) is 2.17. The van der Waals surface area contributed by atoms with E-state index in [1.165, 1.54) is 18.4 Å². The second kappa shape index (κ2) is 9.05. The zero-order valence-corrected chi connectivity index (χ0v) is 13.9. The van der Waals surface area contributed by atoms with Gasteiger partial charge in [0.05, 0.1) is 6.61 Å². The van der Waals surface area contributed by atoms with E-state index in [9.17, 15) is 0 Å². The molecule has 4 nitrogen and oxygen atoms in total. The van der Waals surface area contributed by atoms with Gasteiger partial charge in [-0.25, -0.2) is 0 Å². The molecule has 21 heavy (non-hydrogen) atoms. The lowest BCUT2D eigenvalue weighted by Gasteiger charge is -2.13. The van der Waals surface area contributed by atoms with Gasteiger partial charge in [0.2, 0.25) is 0 Å². The maximum atomic E-state index is 5.63. The highest BCUT2D eigenvalue weighted by atomic mass is 32.1. The summed E-state index contributed by atoms with van der Waals surface area (Å²) in [5, 5.41) is 10.9. The molecule has 5 heteroatoms. The number of rotatable bonds is 9. The summed E-state index contributed by atoms with van der Waals surface area (Å²) in [4.78, 5) is 4.66. The van der Waals surface area contributed by atoms with Crippen molar-refractivity contribution in [3.8, 4) is 0 Å². The molecule has 1 aliphatic rings. The predicted octanol–water partition coefficient (Wildman–Crippen LogP) is 2.83. The lowest BCUT2D eigenvalue weighted by molar-refractivity contribution is 0.129. The summed E-state index contributed by atoms with van der Waals surface area (Å²) in [6.07, 6.45) is 2.69. The van der Waals surface area contributed by atoms with Gasteiger partial charge in [-0.05, 0) is 48.1 Å². The Kier molecular flexibility index (Phi) is 7.03. The third-order valence-corrected chi connectivity index (χ3v) is 4.27. The third-order valence-electron chi connectivity index (χ3n) is 3.57. The monoisotopic (exact) mass is 309 g/mol. The maximum Gasteiger partial charge on any atom is 0.191 e. The van der Waals surface area contributed by atoms with Crippen molar-refractivity contribution in [1.82, 2.24) is 10.6 Å². The Labute approximate surface area is 132 Å². The minimum atomic E-state index is 0.456. The van der Waals surface area contributed by atoms with Crippen LogP contribution in [0.25, 0.3) is 0 Å². The summed E-state index contributed by atoms with van der Waals surface area (Å²) in [6.45, 7) is 8.46. The smallest absolute Gasteiger partial charge is 0.191 e. The summed E-state index contributed by atoms with van der Waals surface area (Å²) in [6, 6.07) is 2.18. The van der Waals surface area contributed by atoms with Gasteiger partial charge in [-0.15, -0.1) is 0 Å². The number of nitrogens with one attached hydrogen (secondary N) is 2. The molecule has 0 bridgehead atoms. The SMILES string of the molecule is CCNC(=NCC(C)c1ccsc1)NCCOCC1CC1. The van der Waals surface area contributed by atoms with E-state index in [2.05, 4.69) is 46.3 Å². The summed E-state index contributed by atoms with van der Waals surface area (Å²) >= 11 is 1.74. The zero-order valence-electron chi connectivity index (χ0n) is 13.1. The van der Waals surface area contributed by atoms with Gasteiger partial charge >= 0.3 is 0 Å². The molecule has 1 atom stereocenters. The first-order valence-corrected chi connectivity index (χ1v) is 8.86. The Morgan fingerprint density at radius 3 is 3.00 bits per heavy atom. The molecule has 2 N–H and O–H groups in total. The van der Waals surface area contributed by atoms with Crippen LogP contribution in [0.5, 0.6) is 0 Å². The van der Waals surface area contributed by atoms with E-state index in [0.29, 0.717) is 5.92 Å². The van der Waals surface area contributed by atoms with Gasteiger partial charge in [0.15, 0.2) is 5.96 Å². The van der Waals surface area contributed by atoms with Gasteiger partial charge in [0.25, 0.3) is 0 Å². The van der Waals surface area contributed by atoms with E-state index in [1.54, 1.807) is 11.3 Å². The molecule has 1 saturated carbocycles. The number of hydrogen-bond acceptors (Lipinski definition) is 3. The number of ether oxygens (including phenoxy) is 1. The van der Waals surface area contributed by atoms with Crippen molar-refractivity contribution in [3.05, 3.63) is 22.4 Å². The molecule has 118 valence electrons. The standard InChI is InChI=1S/C16H27N3OS/c1-3-17-16(18-7-8-20-11-14-4-5-14)19-10-13(2)15-6-9-21-12-15/h6,9,12-14H,3-5,7-8,10-11H2,1-2H3,(H2,17,18,19). The molecule has 2 rings (SSSR count). The largest absolute Gasteiger partial charge is 0.379 e. The van der Waals surface area contributed by atoms with Crippen LogP contribution in [0.2, 0.25) is 0 Å². The number of thiophene rings is 1. The first-order valence-electron chi connectivity index (χ1n) is 7.91. The number of hydrogen-bond donors (Lipinski definition) is 2. The molecule has 0 saturated heterocycles. The van der Waals surface area contributed by atoms with Crippen molar-refractivity contribution in [2.75, 3.05) is 32.8 Å². The number of nitrogens with zero attached hydrogens (tertiary/aromatic N) is 1. The normalized spacial score (nSPS) is 16.8. The number of guanidine groups is 1. The second-order valence-corrected chi connectivity index (χ2v) is 6.40. The van der Waals surface area contributed by atoms with E-state index in [1.807, 2.05) is 0 Å². The molecule has 1 aromatic heterocycles. The van der Waals surface area contributed by atoms with Gasteiger partial charge in [0.1, 0.15) is 0 Å². The predicted molar refractivity (Wildman–Crippen MR) is 90.3 cm³/mol. The van der Waals surface area contributed by atoms with E-state index in [-0.39, 0.29) is 0 Å². The first-order chi connectivity index (χ1) is 10.3. The summed E-state index contributed by atoms with van der Waals surface area (Å²) in [5.41, 5.74) is 1.37. The Morgan fingerprint density at radius 1 is 1.48 bits per heavy atom. The van der Waals surface area contributed by atoms with E-state index in [0.717, 1.165) is 44.7 Å². The van der Waals surface area contributed by atoms with Crippen LogP contribution in [0.1, 0.15) is 38.2 Å². The highest BCUT2D eigenvalue weighted by molar-refractivity contribution is 7.07. The molecular formula is C16H27N3OS. The lowest BCUT2D eigenvalue weighted by atomic mass is 10.1. The van der Waals surface area contributed by atoms with E-state index in [4.69, 9.17) is 4.74 Å². The van der Waals surface area contributed by atoms with Crippen molar-refractivity contribution in [1.29, 1.82) is 0 Å². The van der Waals surface area contributed by atoms with Crippen LogP contribution >= 0.6 is 11.3 Å². The van der Waals surface area contributed by atoms with Crippen molar-refractivity contribution in [2.45, 2.75) is 32.6 Å². The van der Waals surface area contributed by atoms with Crippen LogP contribution in [0.15, 0.2) is 21.8 Å². The molecule has 1 aliphatic carbocycles.